The average molecular weight is 731 g/mol. The van der Waals surface area contributed by atoms with E-state index < -0.39 is 0 Å². The topological polar surface area (TPSA) is 79.2 Å². The van der Waals surface area contributed by atoms with Gasteiger partial charge in [0.15, 0.2) is 11.6 Å². The Morgan fingerprint density at radius 2 is 0.807 bits per heavy atom. The first-order valence-corrected chi connectivity index (χ1v) is 18.9. The highest BCUT2D eigenvalue weighted by Crippen LogP contribution is 2.42. The Kier molecular flexibility index (Phi) is 6.76. The van der Waals surface area contributed by atoms with Crippen LogP contribution in [0.25, 0.3) is 106 Å². The van der Waals surface area contributed by atoms with Gasteiger partial charge in [0.25, 0.3) is 0 Å². The molecule has 0 aliphatic heterocycles. The van der Waals surface area contributed by atoms with Gasteiger partial charge in [-0.25, -0.2) is 4.98 Å². The molecule has 0 saturated carbocycles. The van der Waals surface area contributed by atoms with Crippen molar-refractivity contribution < 1.29 is 0 Å². The summed E-state index contributed by atoms with van der Waals surface area (Å²) in [5, 5.41) is 6.79. The van der Waals surface area contributed by atoms with Crippen LogP contribution in [0.5, 0.6) is 0 Å². The van der Waals surface area contributed by atoms with Crippen LogP contribution in [0.4, 0.5) is 0 Å². The summed E-state index contributed by atoms with van der Waals surface area (Å²) in [6, 6.07) is 54.7. The molecule has 57 heavy (non-hydrogen) atoms. The molecule has 8 heteroatoms. The van der Waals surface area contributed by atoms with Crippen LogP contribution in [0, 0.1) is 0 Å². The fourth-order valence-electron chi connectivity index (χ4n) is 8.70. The monoisotopic (exact) mass is 730 g/mol. The van der Waals surface area contributed by atoms with Crippen LogP contribution < -0.4 is 0 Å². The molecule has 0 amide bonds. The summed E-state index contributed by atoms with van der Waals surface area (Å²) in [5.41, 5.74) is 9.77. The first kappa shape index (κ1) is 31.4. The van der Waals surface area contributed by atoms with E-state index in [2.05, 4.69) is 163 Å². The molecular formula is C49H30N8. The fourth-order valence-corrected chi connectivity index (χ4v) is 8.70. The molecule has 0 bridgehead atoms. The number of aromatic nitrogens is 8. The molecule has 0 unspecified atom stereocenters. The molecule has 0 aliphatic carbocycles. The van der Waals surface area contributed by atoms with Crippen molar-refractivity contribution in [1.82, 2.24) is 38.6 Å². The summed E-state index contributed by atoms with van der Waals surface area (Å²) < 4.78 is 6.81. The fraction of sp³-hybridized carbons (Fsp3) is 0. The Hall–Kier alpha value is -7.97. The van der Waals surface area contributed by atoms with Gasteiger partial charge >= 0.3 is 0 Å². The number of hydrogen-bond acceptors (Lipinski definition) is 5. The zero-order valence-electron chi connectivity index (χ0n) is 30.4. The lowest BCUT2D eigenvalue weighted by Crippen LogP contribution is -2.10. The van der Waals surface area contributed by atoms with Gasteiger partial charge in [0.1, 0.15) is 0 Å². The molecule has 266 valence electrons. The van der Waals surface area contributed by atoms with Crippen LogP contribution in [0.15, 0.2) is 183 Å². The lowest BCUT2D eigenvalue weighted by Gasteiger charge is -2.20. The van der Waals surface area contributed by atoms with Crippen LogP contribution in [-0.4, -0.2) is 38.6 Å². The van der Waals surface area contributed by atoms with Gasteiger partial charge in [0.2, 0.25) is 5.95 Å². The second-order valence-corrected chi connectivity index (χ2v) is 14.2. The molecule has 0 aliphatic rings. The van der Waals surface area contributed by atoms with Crippen molar-refractivity contribution in [2.24, 2.45) is 0 Å². The third-order valence-corrected chi connectivity index (χ3v) is 11.1. The van der Waals surface area contributed by atoms with Gasteiger partial charge in [-0.3, -0.25) is 14.5 Å². The quantitative estimate of drug-likeness (QED) is 0.176. The molecule has 0 N–H and O–H groups in total. The molecule has 6 aromatic carbocycles. The summed E-state index contributed by atoms with van der Waals surface area (Å²) in [4.78, 5) is 25.3. The summed E-state index contributed by atoms with van der Waals surface area (Å²) in [5.74, 6) is 1.67. The summed E-state index contributed by atoms with van der Waals surface area (Å²) in [6.45, 7) is 0. The molecule has 8 nitrogen and oxygen atoms in total. The standard InChI is InChI=1S/C49H30N8/c1-2-13-31(14-3-1)47-52-48(54-49(53-47)57-41-22-10-6-15-32(41)33-16-7-11-23-42(33)57)38-19-12-24-43(55-39-20-8-4-17-34(39)36-25-27-50-29-44(36)55)46(38)56-40-21-9-5-18-35(40)37-26-28-51-30-45(37)56/h1-30H. The van der Waals surface area contributed by atoms with E-state index in [9.17, 15) is 0 Å². The second-order valence-electron chi connectivity index (χ2n) is 14.2. The minimum Gasteiger partial charge on any atom is -0.306 e. The molecule has 0 atom stereocenters. The van der Waals surface area contributed by atoms with Crippen LogP contribution in [0.3, 0.4) is 0 Å². The smallest absolute Gasteiger partial charge is 0.238 e. The molecule has 12 rings (SSSR count). The number of hydrogen-bond donors (Lipinski definition) is 0. The average Bonchev–Trinajstić information content (AvgIpc) is 3.92. The van der Waals surface area contributed by atoms with Gasteiger partial charge in [-0.05, 0) is 48.5 Å². The molecule has 0 fully saturated rings. The van der Waals surface area contributed by atoms with Gasteiger partial charge < -0.3 is 9.13 Å². The maximum atomic E-state index is 5.44. The van der Waals surface area contributed by atoms with E-state index in [4.69, 9.17) is 15.0 Å². The zero-order valence-corrected chi connectivity index (χ0v) is 30.4. The van der Waals surface area contributed by atoms with Crippen LogP contribution in [0.1, 0.15) is 0 Å². The molecule has 12 aromatic rings. The van der Waals surface area contributed by atoms with E-state index in [-0.39, 0.29) is 0 Å². The molecule has 6 aromatic heterocycles. The predicted octanol–water partition coefficient (Wildman–Crippen LogP) is 11.3. The Morgan fingerprint density at radius 3 is 1.40 bits per heavy atom. The van der Waals surface area contributed by atoms with Gasteiger partial charge in [0.05, 0.1) is 56.9 Å². The van der Waals surface area contributed by atoms with E-state index in [1.54, 1.807) is 0 Å². The van der Waals surface area contributed by atoms with Crippen molar-refractivity contribution in [2.45, 2.75) is 0 Å². The Balaban J connectivity index is 1.25. The molecule has 0 radical (unpaired) electrons. The zero-order chi connectivity index (χ0) is 37.5. The van der Waals surface area contributed by atoms with Gasteiger partial charge in [-0.15, -0.1) is 0 Å². The minimum absolute atomic E-state index is 0.539. The molecular weight excluding hydrogens is 701 g/mol. The Morgan fingerprint density at radius 1 is 0.333 bits per heavy atom. The highest BCUT2D eigenvalue weighted by Gasteiger charge is 2.25. The summed E-state index contributed by atoms with van der Waals surface area (Å²) in [6.07, 6.45) is 7.63. The first-order chi connectivity index (χ1) is 28.3. The minimum atomic E-state index is 0.539. The van der Waals surface area contributed by atoms with Crippen molar-refractivity contribution in [3.8, 4) is 40.1 Å². The summed E-state index contributed by atoms with van der Waals surface area (Å²) >= 11 is 0. The third kappa shape index (κ3) is 4.64. The van der Waals surface area contributed by atoms with E-state index in [0.717, 1.165) is 87.9 Å². The van der Waals surface area contributed by atoms with Crippen molar-refractivity contribution in [3.63, 3.8) is 0 Å². The Labute approximate surface area is 325 Å². The van der Waals surface area contributed by atoms with Gasteiger partial charge in [0, 0.05) is 55.8 Å². The van der Waals surface area contributed by atoms with E-state index in [0.29, 0.717) is 17.6 Å². The van der Waals surface area contributed by atoms with Crippen molar-refractivity contribution in [1.29, 1.82) is 0 Å². The van der Waals surface area contributed by atoms with Gasteiger partial charge in [-0.2, -0.15) is 9.97 Å². The maximum absolute atomic E-state index is 5.44. The maximum Gasteiger partial charge on any atom is 0.238 e. The van der Waals surface area contributed by atoms with Crippen LogP contribution in [0.2, 0.25) is 0 Å². The normalized spacial score (nSPS) is 11.9. The van der Waals surface area contributed by atoms with Crippen LogP contribution >= 0.6 is 0 Å². The first-order valence-electron chi connectivity index (χ1n) is 18.9. The van der Waals surface area contributed by atoms with Crippen molar-refractivity contribution >= 4 is 65.4 Å². The van der Waals surface area contributed by atoms with Crippen molar-refractivity contribution in [3.05, 3.63) is 183 Å². The second kappa shape index (κ2) is 12.3. The predicted molar refractivity (Wildman–Crippen MR) is 229 cm³/mol. The number of rotatable bonds is 5. The van der Waals surface area contributed by atoms with Gasteiger partial charge in [-0.1, -0.05) is 109 Å². The van der Waals surface area contributed by atoms with E-state index in [1.807, 2.05) is 43.0 Å². The molecule has 6 heterocycles. The molecule has 0 spiro atoms. The third-order valence-electron chi connectivity index (χ3n) is 11.1. The van der Waals surface area contributed by atoms with E-state index >= 15 is 0 Å². The lowest BCUT2D eigenvalue weighted by molar-refractivity contribution is 0.950. The highest BCUT2D eigenvalue weighted by atomic mass is 15.2. The number of pyridine rings is 2. The van der Waals surface area contributed by atoms with Crippen LogP contribution in [-0.2, 0) is 0 Å². The Bertz CT molecular complexity index is 3380. The molecule has 0 saturated heterocycles. The highest BCUT2D eigenvalue weighted by molar-refractivity contribution is 6.12. The number of para-hydroxylation sites is 5. The lowest BCUT2D eigenvalue weighted by atomic mass is 10.1. The van der Waals surface area contributed by atoms with E-state index in [1.165, 1.54) is 0 Å². The number of benzene rings is 6. The SMILES string of the molecule is c1ccc(-c2nc(-c3cccc(-n4c5ccccc5c5ccncc54)c3-n3c4ccccc4c4ccncc43)nc(-n3c4ccccc4c4ccccc43)n2)cc1. The largest absolute Gasteiger partial charge is 0.306 e. The number of nitrogens with zero attached hydrogens (tertiary/aromatic N) is 8. The summed E-state index contributed by atoms with van der Waals surface area (Å²) in [7, 11) is 0. The number of fused-ring (bicyclic) bond motifs is 9. The van der Waals surface area contributed by atoms with Crippen molar-refractivity contribution in [2.75, 3.05) is 0 Å².